The Morgan fingerprint density at radius 3 is 2.62 bits per heavy atom. The summed E-state index contributed by atoms with van der Waals surface area (Å²) in [4.78, 5) is 26.7. The number of imidazole rings is 1. The van der Waals surface area contributed by atoms with Crippen molar-refractivity contribution in [1.82, 2.24) is 9.38 Å². The summed E-state index contributed by atoms with van der Waals surface area (Å²) >= 11 is 0. The maximum absolute atomic E-state index is 11.8. The Balaban J connectivity index is 1.57. The largest absolute Gasteiger partial charge is 0.457 e. The maximum atomic E-state index is 11.8. The van der Waals surface area contributed by atoms with E-state index in [4.69, 9.17) is 9.15 Å². The number of nitrogens with zero attached hydrogens (tertiary/aromatic N) is 3. The summed E-state index contributed by atoms with van der Waals surface area (Å²) < 4.78 is 11.8. The fraction of sp³-hybridized carbons (Fsp3) is 0. The monoisotopic (exact) mass is 349 g/mol. The smallest absolute Gasteiger partial charge is 0.379 e. The fourth-order valence-corrected chi connectivity index (χ4v) is 2.47. The molecule has 0 N–H and O–H groups in total. The standard InChI is InChI=1S/C18H11N3O5/c22-18(16-2-1-9-25-16)26-14-6-3-12(4-7-14)15-11-20-10-13(21(23)24)5-8-17(20)19-15/h1-11H. The molecule has 4 aromatic rings. The van der Waals surface area contributed by atoms with Gasteiger partial charge in [0, 0.05) is 17.8 Å². The third-order valence-corrected chi connectivity index (χ3v) is 3.73. The van der Waals surface area contributed by atoms with Crippen molar-refractivity contribution in [3.63, 3.8) is 0 Å². The molecule has 128 valence electrons. The molecule has 8 nitrogen and oxygen atoms in total. The normalized spacial score (nSPS) is 10.8. The molecule has 0 spiro atoms. The second-order valence-electron chi connectivity index (χ2n) is 5.43. The second-order valence-corrected chi connectivity index (χ2v) is 5.43. The molecular formula is C18H11N3O5. The van der Waals surface area contributed by atoms with Gasteiger partial charge in [0.25, 0.3) is 5.69 Å². The van der Waals surface area contributed by atoms with Crippen molar-refractivity contribution in [2.45, 2.75) is 0 Å². The molecule has 8 heteroatoms. The van der Waals surface area contributed by atoms with Gasteiger partial charge in [-0.1, -0.05) is 0 Å². The molecule has 0 saturated carbocycles. The molecule has 0 fully saturated rings. The third kappa shape index (κ3) is 2.91. The van der Waals surface area contributed by atoms with Gasteiger partial charge in [0.2, 0.25) is 5.76 Å². The number of hydrogen-bond donors (Lipinski definition) is 0. The van der Waals surface area contributed by atoms with Gasteiger partial charge in [-0.15, -0.1) is 0 Å². The van der Waals surface area contributed by atoms with Crippen molar-refractivity contribution in [2.75, 3.05) is 0 Å². The second kappa shape index (κ2) is 6.17. The van der Waals surface area contributed by atoms with Crippen LogP contribution in [0, 0.1) is 10.1 Å². The molecule has 3 heterocycles. The molecule has 1 aromatic carbocycles. The number of furan rings is 1. The van der Waals surface area contributed by atoms with Gasteiger partial charge in [-0.2, -0.15) is 0 Å². The van der Waals surface area contributed by atoms with Gasteiger partial charge in [0.1, 0.15) is 11.4 Å². The van der Waals surface area contributed by atoms with E-state index in [0.717, 1.165) is 5.56 Å². The van der Waals surface area contributed by atoms with Crippen LogP contribution in [-0.4, -0.2) is 20.3 Å². The highest BCUT2D eigenvalue weighted by atomic mass is 16.6. The van der Waals surface area contributed by atoms with Crippen LogP contribution in [0.3, 0.4) is 0 Å². The minimum Gasteiger partial charge on any atom is -0.457 e. The predicted molar refractivity (Wildman–Crippen MR) is 90.9 cm³/mol. The van der Waals surface area contributed by atoms with Crippen LogP contribution in [0.5, 0.6) is 5.75 Å². The summed E-state index contributed by atoms with van der Waals surface area (Å²) in [6.07, 6.45) is 4.50. The molecule has 3 aromatic heterocycles. The lowest BCUT2D eigenvalue weighted by Crippen LogP contribution is -2.06. The summed E-state index contributed by atoms with van der Waals surface area (Å²) in [5, 5.41) is 10.9. The number of rotatable bonds is 4. The van der Waals surface area contributed by atoms with E-state index in [2.05, 4.69) is 4.98 Å². The minimum atomic E-state index is -0.581. The zero-order valence-electron chi connectivity index (χ0n) is 13.2. The first kappa shape index (κ1) is 15.6. The molecule has 0 saturated heterocycles. The van der Waals surface area contributed by atoms with E-state index in [-0.39, 0.29) is 11.4 Å². The number of fused-ring (bicyclic) bond motifs is 1. The van der Waals surface area contributed by atoms with Gasteiger partial charge < -0.3 is 9.15 Å². The molecular weight excluding hydrogens is 338 g/mol. The molecule has 0 aliphatic rings. The predicted octanol–water partition coefficient (Wildman–Crippen LogP) is 3.72. The summed E-state index contributed by atoms with van der Waals surface area (Å²) in [5.41, 5.74) is 2.02. The van der Waals surface area contributed by atoms with Gasteiger partial charge in [0.05, 0.1) is 23.1 Å². The summed E-state index contributed by atoms with van der Waals surface area (Å²) in [6, 6.07) is 12.9. The summed E-state index contributed by atoms with van der Waals surface area (Å²) in [6.45, 7) is 0. The SMILES string of the molecule is O=C(Oc1ccc(-c2cn3cc([N+](=O)[O-])ccc3n2)cc1)c1ccco1. The van der Waals surface area contributed by atoms with Crippen LogP contribution in [0.25, 0.3) is 16.9 Å². The zero-order valence-corrected chi connectivity index (χ0v) is 13.2. The number of carbonyl (C=O) groups excluding carboxylic acids is 1. The van der Waals surface area contributed by atoms with Crippen molar-refractivity contribution in [3.8, 4) is 17.0 Å². The first-order valence-corrected chi connectivity index (χ1v) is 7.59. The van der Waals surface area contributed by atoms with Crippen molar-refractivity contribution in [2.24, 2.45) is 0 Å². The van der Waals surface area contributed by atoms with E-state index in [1.807, 2.05) is 0 Å². The molecule has 26 heavy (non-hydrogen) atoms. The zero-order chi connectivity index (χ0) is 18.1. The highest BCUT2D eigenvalue weighted by Crippen LogP contribution is 2.24. The van der Waals surface area contributed by atoms with Crippen LogP contribution in [0.2, 0.25) is 0 Å². The van der Waals surface area contributed by atoms with Crippen molar-refractivity contribution >= 4 is 17.3 Å². The molecule has 4 rings (SSSR count). The molecule has 0 amide bonds. The van der Waals surface area contributed by atoms with Crippen LogP contribution >= 0.6 is 0 Å². The van der Waals surface area contributed by atoms with Gasteiger partial charge in [-0.05, 0) is 42.5 Å². The average molecular weight is 349 g/mol. The van der Waals surface area contributed by atoms with Crippen LogP contribution in [0.4, 0.5) is 5.69 Å². The fourth-order valence-electron chi connectivity index (χ4n) is 2.47. The Labute approximate surface area is 146 Å². The third-order valence-electron chi connectivity index (χ3n) is 3.73. The first-order valence-electron chi connectivity index (χ1n) is 7.59. The van der Waals surface area contributed by atoms with E-state index in [9.17, 15) is 14.9 Å². The first-order chi connectivity index (χ1) is 12.6. The Kier molecular flexibility index (Phi) is 3.70. The lowest BCUT2D eigenvalue weighted by molar-refractivity contribution is -0.385. The molecule has 0 aliphatic carbocycles. The molecule has 0 atom stereocenters. The molecule has 0 aliphatic heterocycles. The van der Waals surface area contributed by atoms with Crippen molar-refractivity contribution < 1.29 is 18.9 Å². The summed E-state index contributed by atoms with van der Waals surface area (Å²) in [7, 11) is 0. The van der Waals surface area contributed by atoms with Gasteiger partial charge >= 0.3 is 5.97 Å². The quantitative estimate of drug-likeness (QED) is 0.241. The van der Waals surface area contributed by atoms with E-state index >= 15 is 0 Å². The number of pyridine rings is 1. The van der Waals surface area contributed by atoms with Gasteiger partial charge in [0.15, 0.2) is 0 Å². The average Bonchev–Trinajstić information content (AvgIpc) is 3.31. The highest BCUT2D eigenvalue weighted by Gasteiger charge is 2.12. The summed E-state index contributed by atoms with van der Waals surface area (Å²) in [5.74, 6) is -0.0895. The van der Waals surface area contributed by atoms with Gasteiger partial charge in [-0.3, -0.25) is 14.5 Å². The molecule has 0 radical (unpaired) electrons. The number of ether oxygens (including phenoxy) is 1. The highest BCUT2D eigenvalue weighted by molar-refractivity contribution is 5.88. The lowest BCUT2D eigenvalue weighted by atomic mass is 10.2. The Hall–Kier alpha value is -3.94. The number of benzene rings is 1. The molecule has 0 bridgehead atoms. The van der Waals surface area contributed by atoms with Crippen LogP contribution in [0.15, 0.2) is 71.6 Å². The Morgan fingerprint density at radius 1 is 1.12 bits per heavy atom. The number of nitro groups is 1. The Bertz CT molecular complexity index is 1100. The lowest BCUT2D eigenvalue weighted by Gasteiger charge is -2.03. The number of esters is 1. The molecule has 0 unspecified atom stereocenters. The van der Waals surface area contributed by atoms with Crippen LogP contribution < -0.4 is 4.74 Å². The topological polar surface area (TPSA) is 99.9 Å². The van der Waals surface area contributed by atoms with Gasteiger partial charge in [-0.25, -0.2) is 9.78 Å². The maximum Gasteiger partial charge on any atom is 0.379 e. The van der Waals surface area contributed by atoms with Crippen LogP contribution in [-0.2, 0) is 0 Å². The number of carbonyl (C=O) groups is 1. The Morgan fingerprint density at radius 2 is 1.92 bits per heavy atom. The van der Waals surface area contributed by atoms with Crippen molar-refractivity contribution in [3.05, 3.63) is 83.1 Å². The van der Waals surface area contributed by atoms with E-state index in [1.165, 1.54) is 24.6 Å². The number of aromatic nitrogens is 2. The van der Waals surface area contributed by atoms with E-state index < -0.39 is 10.9 Å². The van der Waals surface area contributed by atoms with E-state index in [1.54, 1.807) is 47.0 Å². The minimum absolute atomic E-state index is 0.0124. The van der Waals surface area contributed by atoms with Crippen LogP contribution in [0.1, 0.15) is 10.6 Å². The van der Waals surface area contributed by atoms with E-state index in [0.29, 0.717) is 17.1 Å². The number of hydrogen-bond acceptors (Lipinski definition) is 6. The van der Waals surface area contributed by atoms with Crippen molar-refractivity contribution in [1.29, 1.82) is 0 Å².